The Hall–Kier alpha value is -2.24. The summed E-state index contributed by atoms with van der Waals surface area (Å²) in [5.41, 5.74) is 8.48. The van der Waals surface area contributed by atoms with Crippen LogP contribution in [0.1, 0.15) is 11.7 Å². The van der Waals surface area contributed by atoms with Gasteiger partial charge >= 0.3 is 0 Å². The molecular formula is C15H11Cl2N5. The lowest BCUT2D eigenvalue weighted by Crippen LogP contribution is -2.31. The molecule has 0 spiro atoms. The van der Waals surface area contributed by atoms with E-state index in [2.05, 4.69) is 15.3 Å². The molecule has 0 saturated carbocycles. The molecule has 1 atom stereocenters. The van der Waals surface area contributed by atoms with Crippen LogP contribution in [-0.4, -0.2) is 15.5 Å². The molecule has 2 aromatic carbocycles. The summed E-state index contributed by atoms with van der Waals surface area (Å²) in [4.78, 5) is 9.03. The number of hydrogen-bond acceptors (Lipinski definition) is 4. The quantitative estimate of drug-likeness (QED) is 0.715. The van der Waals surface area contributed by atoms with Crippen molar-refractivity contribution in [1.29, 1.82) is 0 Å². The maximum atomic E-state index is 6.36. The molecule has 2 heterocycles. The van der Waals surface area contributed by atoms with E-state index in [0.717, 1.165) is 16.6 Å². The fraction of sp³-hybridized carbons (Fsp3) is 0.0667. The highest BCUT2D eigenvalue weighted by atomic mass is 35.5. The number of para-hydroxylation sites is 2. The first-order valence-corrected chi connectivity index (χ1v) is 7.42. The van der Waals surface area contributed by atoms with Gasteiger partial charge in [0, 0.05) is 5.56 Å². The minimum atomic E-state index is -0.408. The number of aromatic nitrogens is 2. The third kappa shape index (κ3) is 1.94. The van der Waals surface area contributed by atoms with Gasteiger partial charge in [-0.15, -0.1) is 0 Å². The number of guanidine groups is 1. The number of halogens is 2. The molecule has 0 amide bonds. The number of nitrogens with one attached hydrogen (secondary N) is 1. The second-order valence-electron chi connectivity index (χ2n) is 4.95. The smallest absolute Gasteiger partial charge is 0.212 e. The molecule has 1 aliphatic heterocycles. The maximum Gasteiger partial charge on any atom is 0.212 e. The molecule has 3 aromatic rings. The standard InChI is InChI=1S/C15H11Cl2N5/c16-9-5-3-4-8(12(9)17)13-20-14(18)21-15-19-10-6-1-2-7-11(10)22(13)15/h1-7,13H,(H3,18,19,20,21). The van der Waals surface area contributed by atoms with Crippen molar-refractivity contribution in [3.8, 4) is 0 Å². The Labute approximate surface area is 136 Å². The summed E-state index contributed by atoms with van der Waals surface area (Å²) in [7, 11) is 0. The molecule has 1 unspecified atom stereocenters. The van der Waals surface area contributed by atoms with Crippen molar-refractivity contribution in [2.24, 2.45) is 10.7 Å². The van der Waals surface area contributed by atoms with E-state index in [0.29, 0.717) is 22.0 Å². The molecule has 3 N–H and O–H groups in total. The van der Waals surface area contributed by atoms with E-state index < -0.39 is 6.17 Å². The Bertz CT molecular complexity index is 915. The molecule has 7 heteroatoms. The predicted molar refractivity (Wildman–Crippen MR) is 89.6 cm³/mol. The minimum Gasteiger partial charge on any atom is -0.370 e. The summed E-state index contributed by atoms with van der Waals surface area (Å²) in [6, 6.07) is 13.3. The van der Waals surface area contributed by atoms with Crippen LogP contribution in [0.2, 0.25) is 10.0 Å². The molecule has 0 radical (unpaired) electrons. The molecule has 0 aliphatic carbocycles. The maximum absolute atomic E-state index is 6.36. The third-order valence-electron chi connectivity index (χ3n) is 3.60. The Morgan fingerprint density at radius 2 is 1.91 bits per heavy atom. The number of hydrogen-bond donors (Lipinski definition) is 2. The SMILES string of the molecule is NC1=NC(c2cccc(Cl)c2Cl)n2c(nc3ccccc32)N1. The van der Waals surface area contributed by atoms with Gasteiger partial charge in [-0.1, -0.05) is 47.5 Å². The lowest BCUT2D eigenvalue weighted by molar-refractivity contribution is 0.626. The van der Waals surface area contributed by atoms with Crippen LogP contribution in [-0.2, 0) is 0 Å². The van der Waals surface area contributed by atoms with Crippen molar-refractivity contribution >= 4 is 46.1 Å². The van der Waals surface area contributed by atoms with Gasteiger partial charge in [-0.2, -0.15) is 0 Å². The molecule has 0 saturated heterocycles. The number of nitrogens with two attached hydrogens (primary N) is 1. The van der Waals surface area contributed by atoms with Crippen LogP contribution < -0.4 is 11.1 Å². The summed E-state index contributed by atoms with van der Waals surface area (Å²) in [6.45, 7) is 0. The van der Waals surface area contributed by atoms with Gasteiger partial charge in [0.05, 0.1) is 21.1 Å². The van der Waals surface area contributed by atoms with Crippen molar-refractivity contribution in [2.75, 3.05) is 5.32 Å². The van der Waals surface area contributed by atoms with Crippen LogP contribution in [0.25, 0.3) is 11.0 Å². The van der Waals surface area contributed by atoms with Gasteiger partial charge in [0.2, 0.25) is 5.95 Å². The highest BCUT2D eigenvalue weighted by molar-refractivity contribution is 6.42. The lowest BCUT2D eigenvalue weighted by Gasteiger charge is -2.24. The molecule has 1 aliphatic rings. The number of rotatable bonds is 1. The van der Waals surface area contributed by atoms with Gasteiger partial charge in [-0.05, 0) is 18.2 Å². The Morgan fingerprint density at radius 1 is 1.09 bits per heavy atom. The molecule has 4 rings (SSSR count). The van der Waals surface area contributed by atoms with Gasteiger partial charge in [-0.3, -0.25) is 9.88 Å². The number of benzene rings is 2. The van der Waals surface area contributed by atoms with Crippen LogP contribution in [0.3, 0.4) is 0 Å². The van der Waals surface area contributed by atoms with E-state index >= 15 is 0 Å². The number of anilines is 1. The van der Waals surface area contributed by atoms with Crippen LogP contribution in [0, 0.1) is 0 Å². The van der Waals surface area contributed by atoms with Crippen molar-refractivity contribution in [1.82, 2.24) is 9.55 Å². The summed E-state index contributed by atoms with van der Waals surface area (Å²) in [5, 5.41) is 3.94. The molecule has 110 valence electrons. The second kappa shape index (κ2) is 4.90. The van der Waals surface area contributed by atoms with Crippen LogP contribution in [0.4, 0.5) is 5.95 Å². The molecule has 0 bridgehead atoms. The first-order chi connectivity index (χ1) is 10.6. The monoisotopic (exact) mass is 331 g/mol. The van der Waals surface area contributed by atoms with E-state index in [4.69, 9.17) is 28.9 Å². The zero-order valence-electron chi connectivity index (χ0n) is 11.3. The third-order valence-corrected chi connectivity index (χ3v) is 4.43. The molecule has 1 aromatic heterocycles. The average molecular weight is 332 g/mol. The van der Waals surface area contributed by atoms with E-state index in [9.17, 15) is 0 Å². The fourth-order valence-electron chi connectivity index (χ4n) is 2.65. The first kappa shape index (κ1) is 13.4. The summed E-state index contributed by atoms with van der Waals surface area (Å²) in [6.07, 6.45) is -0.408. The van der Waals surface area contributed by atoms with Gasteiger partial charge < -0.3 is 5.73 Å². The second-order valence-corrected chi connectivity index (χ2v) is 5.74. The summed E-state index contributed by atoms with van der Waals surface area (Å²) in [5.74, 6) is 0.929. The molecule has 22 heavy (non-hydrogen) atoms. The first-order valence-electron chi connectivity index (χ1n) is 6.66. The zero-order valence-corrected chi connectivity index (χ0v) is 12.8. The van der Waals surface area contributed by atoms with E-state index in [-0.39, 0.29) is 0 Å². The van der Waals surface area contributed by atoms with Crippen molar-refractivity contribution < 1.29 is 0 Å². The topological polar surface area (TPSA) is 68.2 Å². The molecular weight excluding hydrogens is 321 g/mol. The van der Waals surface area contributed by atoms with Crippen molar-refractivity contribution in [2.45, 2.75) is 6.17 Å². The Kier molecular flexibility index (Phi) is 2.99. The van der Waals surface area contributed by atoms with Gasteiger partial charge in [0.25, 0.3) is 0 Å². The number of aliphatic imine (C=N–C) groups is 1. The van der Waals surface area contributed by atoms with Crippen LogP contribution in [0.15, 0.2) is 47.5 Å². The van der Waals surface area contributed by atoms with Gasteiger partial charge in [-0.25, -0.2) is 9.98 Å². The van der Waals surface area contributed by atoms with Crippen molar-refractivity contribution in [3.63, 3.8) is 0 Å². The number of imidazole rings is 1. The van der Waals surface area contributed by atoms with Crippen LogP contribution >= 0.6 is 23.2 Å². The minimum absolute atomic E-state index is 0.295. The Balaban J connectivity index is 2.00. The van der Waals surface area contributed by atoms with Gasteiger partial charge in [0.15, 0.2) is 12.1 Å². The zero-order chi connectivity index (χ0) is 15.3. The molecule has 5 nitrogen and oxygen atoms in total. The average Bonchev–Trinajstić information content (AvgIpc) is 2.87. The van der Waals surface area contributed by atoms with E-state index in [1.165, 1.54) is 0 Å². The van der Waals surface area contributed by atoms with Gasteiger partial charge in [0.1, 0.15) is 0 Å². The van der Waals surface area contributed by atoms with E-state index in [1.807, 2.05) is 41.0 Å². The Morgan fingerprint density at radius 3 is 2.77 bits per heavy atom. The normalized spacial score (nSPS) is 17.0. The summed E-state index contributed by atoms with van der Waals surface area (Å²) >= 11 is 12.5. The highest BCUT2D eigenvalue weighted by Gasteiger charge is 2.26. The largest absolute Gasteiger partial charge is 0.370 e. The van der Waals surface area contributed by atoms with Crippen molar-refractivity contribution in [3.05, 3.63) is 58.1 Å². The lowest BCUT2D eigenvalue weighted by atomic mass is 10.1. The number of nitrogens with zero attached hydrogens (tertiary/aromatic N) is 3. The van der Waals surface area contributed by atoms with Crippen LogP contribution in [0.5, 0.6) is 0 Å². The fourth-order valence-corrected chi connectivity index (χ4v) is 3.05. The highest BCUT2D eigenvalue weighted by Crippen LogP contribution is 2.37. The predicted octanol–water partition coefficient (Wildman–Crippen LogP) is 3.63. The summed E-state index contributed by atoms with van der Waals surface area (Å²) < 4.78 is 1.96. The van der Waals surface area contributed by atoms with E-state index in [1.54, 1.807) is 6.07 Å². The molecule has 0 fully saturated rings. The number of fused-ring (bicyclic) bond motifs is 3.